The molecule has 2 amide bonds. The van der Waals surface area contributed by atoms with Gasteiger partial charge in [0.2, 0.25) is 5.91 Å². The molecule has 0 aromatic heterocycles. The third kappa shape index (κ3) is 5.28. The van der Waals surface area contributed by atoms with E-state index in [9.17, 15) is 14.0 Å². The average molecular weight is 461 g/mol. The summed E-state index contributed by atoms with van der Waals surface area (Å²) in [5.41, 5.74) is 3.70. The van der Waals surface area contributed by atoms with Gasteiger partial charge in [0, 0.05) is 20.0 Å². The molecule has 4 rings (SSSR count). The molecule has 5 nitrogen and oxygen atoms in total. The lowest BCUT2D eigenvalue weighted by Crippen LogP contribution is -2.39. The summed E-state index contributed by atoms with van der Waals surface area (Å²) in [6.45, 7) is 4.42. The first kappa shape index (κ1) is 23.5. The van der Waals surface area contributed by atoms with Crippen LogP contribution in [0.2, 0.25) is 0 Å². The van der Waals surface area contributed by atoms with E-state index in [0.717, 1.165) is 16.7 Å². The zero-order valence-corrected chi connectivity index (χ0v) is 19.5. The summed E-state index contributed by atoms with van der Waals surface area (Å²) in [6.07, 6.45) is 0.558. The number of nitrogens with zero attached hydrogens (tertiary/aromatic N) is 1. The highest BCUT2D eigenvalue weighted by molar-refractivity contribution is 5.81. The Morgan fingerprint density at radius 3 is 2.59 bits per heavy atom. The van der Waals surface area contributed by atoms with E-state index in [1.165, 1.54) is 19.1 Å². The highest BCUT2D eigenvalue weighted by atomic mass is 19.1. The van der Waals surface area contributed by atoms with Gasteiger partial charge in [0.05, 0.1) is 6.04 Å². The number of fused-ring (bicyclic) bond motifs is 1. The lowest BCUT2D eigenvalue weighted by atomic mass is 9.88. The molecular formula is C28H29FN2O3. The van der Waals surface area contributed by atoms with Crippen LogP contribution in [0.5, 0.6) is 5.75 Å². The third-order valence-electron chi connectivity index (χ3n) is 6.17. The first-order valence-electron chi connectivity index (χ1n) is 11.6. The van der Waals surface area contributed by atoms with Gasteiger partial charge in [-0.25, -0.2) is 4.39 Å². The molecule has 1 N–H and O–H groups in total. The Morgan fingerprint density at radius 1 is 1.09 bits per heavy atom. The largest absolute Gasteiger partial charge is 0.481 e. The molecule has 0 aliphatic carbocycles. The molecule has 2 unspecified atom stereocenters. The summed E-state index contributed by atoms with van der Waals surface area (Å²) in [6, 6.07) is 21.4. The molecule has 0 saturated heterocycles. The second kappa shape index (κ2) is 10.5. The molecule has 1 aliphatic rings. The molecule has 6 heteroatoms. The molecular weight excluding hydrogens is 431 g/mol. The number of benzene rings is 3. The van der Waals surface area contributed by atoms with E-state index in [1.54, 1.807) is 11.0 Å². The molecule has 34 heavy (non-hydrogen) atoms. The molecule has 176 valence electrons. The van der Waals surface area contributed by atoms with Gasteiger partial charge in [0.15, 0.2) is 6.10 Å². The van der Waals surface area contributed by atoms with Crippen molar-refractivity contribution in [1.82, 2.24) is 10.2 Å². The van der Waals surface area contributed by atoms with Crippen LogP contribution in [0.15, 0.2) is 72.8 Å². The normalized spacial score (nSPS) is 15.9. The van der Waals surface area contributed by atoms with Gasteiger partial charge < -0.3 is 15.0 Å². The van der Waals surface area contributed by atoms with E-state index < -0.39 is 12.1 Å². The summed E-state index contributed by atoms with van der Waals surface area (Å²) in [7, 11) is 0. The number of nitrogens with one attached hydrogen (secondary N) is 1. The van der Waals surface area contributed by atoms with E-state index in [2.05, 4.69) is 5.32 Å². The van der Waals surface area contributed by atoms with Crippen molar-refractivity contribution in [3.05, 3.63) is 101 Å². The van der Waals surface area contributed by atoms with E-state index in [4.69, 9.17) is 4.74 Å². The van der Waals surface area contributed by atoms with Crippen molar-refractivity contribution in [3.63, 3.8) is 0 Å². The Hall–Kier alpha value is -3.67. The fourth-order valence-corrected chi connectivity index (χ4v) is 4.43. The van der Waals surface area contributed by atoms with Crippen molar-refractivity contribution in [1.29, 1.82) is 0 Å². The molecule has 3 aromatic carbocycles. The molecule has 1 aliphatic heterocycles. The van der Waals surface area contributed by atoms with Crippen molar-refractivity contribution in [2.75, 3.05) is 6.54 Å². The van der Waals surface area contributed by atoms with Crippen LogP contribution >= 0.6 is 0 Å². The van der Waals surface area contributed by atoms with Gasteiger partial charge in [-0.1, -0.05) is 55.5 Å². The minimum Gasteiger partial charge on any atom is -0.481 e. The number of hydrogen-bond acceptors (Lipinski definition) is 3. The third-order valence-corrected chi connectivity index (χ3v) is 6.17. The van der Waals surface area contributed by atoms with Crippen molar-refractivity contribution in [3.8, 4) is 5.75 Å². The van der Waals surface area contributed by atoms with Crippen molar-refractivity contribution < 1.29 is 18.7 Å². The number of ether oxygens (including phenoxy) is 1. The first-order valence-corrected chi connectivity index (χ1v) is 11.6. The Morgan fingerprint density at radius 2 is 1.88 bits per heavy atom. The minimum atomic E-state index is -0.651. The molecule has 1 heterocycles. The van der Waals surface area contributed by atoms with Gasteiger partial charge in [-0.05, 0) is 59.4 Å². The number of rotatable bonds is 7. The van der Waals surface area contributed by atoms with Crippen LogP contribution in [0.1, 0.15) is 48.6 Å². The predicted octanol–water partition coefficient (Wildman–Crippen LogP) is 4.79. The zero-order valence-electron chi connectivity index (χ0n) is 19.5. The van der Waals surface area contributed by atoms with Crippen LogP contribution in [-0.2, 0) is 22.6 Å². The summed E-state index contributed by atoms with van der Waals surface area (Å²) in [5, 5.41) is 2.94. The Balaban J connectivity index is 1.57. The standard InChI is InChI=1S/C28H29FN2O3/c1-3-26(28(33)30-18-20-8-5-4-6-9-20)34-24-13-12-21-14-15-31(19(2)32)27(25(21)17-24)22-10-7-11-23(29)16-22/h4-13,16-17,26-27H,3,14-15,18H2,1-2H3,(H,30,33). The number of halogens is 1. The van der Waals surface area contributed by atoms with Crippen molar-refractivity contribution in [2.24, 2.45) is 0 Å². The van der Waals surface area contributed by atoms with Crippen LogP contribution in [-0.4, -0.2) is 29.4 Å². The van der Waals surface area contributed by atoms with Gasteiger partial charge in [0.1, 0.15) is 11.6 Å². The quantitative estimate of drug-likeness (QED) is 0.551. The topological polar surface area (TPSA) is 58.6 Å². The van der Waals surface area contributed by atoms with Crippen LogP contribution in [0, 0.1) is 5.82 Å². The van der Waals surface area contributed by atoms with Crippen LogP contribution in [0.3, 0.4) is 0 Å². The zero-order chi connectivity index (χ0) is 24.1. The summed E-state index contributed by atoms with van der Waals surface area (Å²) in [4.78, 5) is 26.9. The fraction of sp³-hybridized carbons (Fsp3) is 0.286. The Bertz CT molecular complexity index is 1170. The van der Waals surface area contributed by atoms with Gasteiger partial charge >= 0.3 is 0 Å². The molecule has 0 bridgehead atoms. The van der Waals surface area contributed by atoms with E-state index in [0.29, 0.717) is 37.2 Å². The number of carbonyl (C=O) groups excluding carboxylic acids is 2. The summed E-state index contributed by atoms with van der Waals surface area (Å²) in [5.74, 6) is -0.0528. The number of carbonyl (C=O) groups is 2. The van der Waals surface area contributed by atoms with E-state index >= 15 is 0 Å². The Kier molecular flexibility index (Phi) is 7.26. The maximum atomic E-state index is 14.0. The number of hydrogen-bond donors (Lipinski definition) is 1. The summed E-state index contributed by atoms with van der Waals surface area (Å²) < 4.78 is 20.1. The first-order chi connectivity index (χ1) is 16.5. The van der Waals surface area contributed by atoms with E-state index in [1.807, 2.05) is 61.5 Å². The maximum absolute atomic E-state index is 14.0. The minimum absolute atomic E-state index is 0.0713. The maximum Gasteiger partial charge on any atom is 0.261 e. The number of amides is 2. The van der Waals surface area contributed by atoms with Crippen molar-refractivity contribution in [2.45, 2.75) is 45.4 Å². The fourth-order valence-electron chi connectivity index (χ4n) is 4.43. The molecule has 0 radical (unpaired) electrons. The summed E-state index contributed by atoms with van der Waals surface area (Å²) >= 11 is 0. The van der Waals surface area contributed by atoms with Gasteiger partial charge in [0.25, 0.3) is 5.91 Å². The molecule has 2 atom stereocenters. The lowest BCUT2D eigenvalue weighted by Gasteiger charge is -2.37. The SMILES string of the molecule is CCC(Oc1ccc2c(c1)C(c1cccc(F)c1)N(C(C)=O)CC2)C(=O)NCc1ccccc1. The van der Waals surface area contributed by atoms with Crippen LogP contribution < -0.4 is 10.1 Å². The van der Waals surface area contributed by atoms with Gasteiger partial charge in [-0.2, -0.15) is 0 Å². The van der Waals surface area contributed by atoms with Crippen molar-refractivity contribution >= 4 is 11.8 Å². The highest BCUT2D eigenvalue weighted by Crippen LogP contribution is 2.37. The van der Waals surface area contributed by atoms with Crippen LogP contribution in [0.25, 0.3) is 0 Å². The second-order valence-corrected chi connectivity index (χ2v) is 8.50. The van der Waals surface area contributed by atoms with Gasteiger partial charge in [-0.15, -0.1) is 0 Å². The average Bonchev–Trinajstić information content (AvgIpc) is 2.85. The molecule has 0 saturated carbocycles. The Labute approximate surface area is 199 Å². The van der Waals surface area contributed by atoms with E-state index in [-0.39, 0.29) is 17.6 Å². The van der Waals surface area contributed by atoms with Gasteiger partial charge in [-0.3, -0.25) is 9.59 Å². The lowest BCUT2D eigenvalue weighted by molar-refractivity contribution is -0.131. The highest BCUT2D eigenvalue weighted by Gasteiger charge is 2.31. The molecule has 0 fully saturated rings. The predicted molar refractivity (Wildman–Crippen MR) is 129 cm³/mol. The molecule has 0 spiro atoms. The monoisotopic (exact) mass is 460 g/mol. The smallest absolute Gasteiger partial charge is 0.261 e. The van der Waals surface area contributed by atoms with Crippen LogP contribution in [0.4, 0.5) is 4.39 Å². The molecule has 3 aromatic rings. The second-order valence-electron chi connectivity index (χ2n) is 8.50.